The number of imidazole rings is 8. The van der Waals surface area contributed by atoms with E-state index in [1.807, 2.05) is 193 Å². The third kappa shape index (κ3) is 5.92. The van der Waals surface area contributed by atoms with Crippen LogP contribution in [0.5, 0.6) is 0 Å². The molecule has 0 spiro atoms. The monoisotopic (exact) mass is 902 g/mol. The molecule has 0 saturated carbocycles. The van der Waals surface area contributed by atoms with E-state index < -0.39 is 0 Å². The Balaban J connectivity index is 1.30. The molecule has 8 aromatic heterocycles. The van der Waals surface area contributed by atoms with Gasteiger partial charge in [0.25, 0.3) is 0 Å². The molecule has 4 aromatic carbocycles. The molecule has 338 valence electrons. The largest absolute Gasteiger partial charge is 0.243 e. The lowest BCUT2D eigenvalue weighted by Gasteiger charge is -2.35. The van der Waals surface area contributed by atoms with E-state index in [1.54, 1.807) is 0 Å². The van der Waals surface area contributed by atoms with Gasteiger partial charge in [0.1, 0.15) is 50.6 Å². The van der Waals surface area contributed by atoms with E-state index in [4.69, 9.17) is 0 Å². The number of rotatable bonds is 12. The maximum atomic E-state index is 4.63. The van der Waals surface area contributed by atoms with E-state index in [0.717, 1.165) is 101 Å². The second-order valence-corrected chi connectivity index (χ2v) is 17.1. The van der Waals surface area contributed by atoms with Crippen LogP contribution in [-0.2, 0) is 0 Å². The Morgan fingerprint density at radius 2 is 0.426 bits per heavy atom. The van der Waals surface area contributed by atoms with Crippen LogP contribution in [0.4, 0.5) is 22.7 Å². The van der Waals surface area contributed by atoms with Crippen LogP contribution < -0.4 is 20.5 Å². The lowest BCUT2D eigenvalue weighted by Crippen LogP contribution is -2.38. The summed E-state index contributed by atoms with van der Waals surface area (Å²) in [4.78, 5) is 37.0. The zero-order valence-corrected chi connectivity index (χ0v) is 38.6. The molecule has 0 aliphatic heterocycles. The number of benzene rings is 4. The van der Waals surface area contributed by atoms with E-state index in [9.17, 15) is 0 Å². The van der Waals surface area contributed by atoms with Gasteiger partial charge in [0.15, 0.2) is 0 Å². The van der Waals surface area contributed by atoms with Crippen molar-refractivity contribution < 1.29 is 0 Å². The molecular weight excluding hydrogens is 857 g/mol. The SMILES string of the molecule is Cc1cncn1N(c1cc(N(n2cncc2C)n2cncc2C)c2ccc3c(N(n4cncc4C)n4cncc4C)cc(N(n4cncc4C)n4cncc4C)c4ccc1c2c43)n1cncc1C. The first-order chi connectivity index (χ1) is 33.1. The van der Waals surface area contributed by atoms with Crippen molar-refractivity contribution in [2.75, 3.05) is 20.5 Å². The first kappa shape index (κ1) is 40.3. The molecule has 20 heteroatoms. The van der Waals surface area contributed by atoms with Crippen LogP contribution >= 0.6 is 0 Å². The van der Waals surface area contributed by atoms with E-state index in [-0.39, 0.29) is 0 Å². The standard InChI is InChI=1S/C48H46N20/c1-31-15-49-23-57(31)65(58-24-50-16-32(58)2)43-13-44(66(59-25-51-17-33(59)3)60-26-52-18-34(60)4)40-11-12-42-46(68(63-29-55-21-37(63)7)64-30-56-22-38(64)8)14-45(41-10-9-39(43)47(40)48(41)42)67(61-27-53-19-35(61)5)62-28-54-20-36(62)6/h9-30H,1-8H3. The van der Waals surface area contributed by atoms with Crippen LogP contribution in [0.2, 0.25) is 0 Å². The predicted octanol–water partition coefficient (Wildman–Crippen LogP) is 7.56. The van der Waals surface area contributed by atoms with Crippen molar-refractivity contribution in [2.24, 2.45) is 0 Å². The lowest BCUT2D eigenvalue weighted by atomic mass is 9.90. The van der Waals surface area contributed by atoms with Gasteiger partial charge < -0.3 is 0 Å². The van der Waals surface area contributed by atoms with E-state index >= 15 is 0 Å². The fourth-order valence-corrected chi connectivity index (χ4v) is 9.35. The third-order valence-corrected chi connectivity index (χ3v) is 12.7. The van der Waals surface area contributed by atoms with Gasteiger partial charge >= 0.3 is 0 Å². The van der Waals surface area contributed by atoms with Crippen molar-refractivity contribution in [2.45, 2.75) is 55.4 Å². The number of anilines is 4. The van der Waals surface area contributed by atoms with Crippen molar-refractivity contribution in [1.82, 2.24) is 77.3 Å². The summed E-state index contributed by atoms with van der Waals surface area (Å²) in [7, 11) is 0. The molecule has 0 bridgehead atoms. The average molecular weight is 903 g/mol. The first-order valence-electron chi connectivity index (χ1n) is 22.0. The van der Waals surface area contributed by atoms with Gasteiger partial charge in [-0.2, -0.15) is 20.5 Å². The number of aryl methyl sites for hydroxylation is 8. The Morgan fingerprint density at radius 3 is 0.559 bits per heavy atom. The highest BCUT2D eigenvalue weighted by Crippen LogP contribution is 2.49. The van der Waals surface area contributed by atoms with E-state index in [0.29, 0.717) is 0 Å². The summed E-state index contributed by atoms with van der Waals surface area (Å²) < 4.78 is 16.4. The topological polar surface area (TPSA) is 156 Å². The molecule has 0 radical (unpaired) electrons. The van der Waals surface area contributed by atoms with Gasteiger partial charge in [-0.15, -0.1) is 0 Å². The van der Waals surface area contributed by atoms with Crippen LogP contribution in [0.1, 0.15) is 45.6 Å². The molecule has 12 aromatic rings. The quantitative estimate of drug-likeness (QED) is 0.111. The predicted molar refractivity (Wildman–Crippen MR) is 259 cm³/mol. The third-order valence-electron chi connectivity index (χ3n) is 12.7. The lowest BCUT2D eigenvalue weighted by molar-refractivity contribution is 0.575. The van der Waals surface area contributed by atoms with Gasteiger partial charge in [0, 0.05) is 81.9 Å². The van der Waals surface area contributed by atoms with Crippen LogP contribution in [0.25, 0.3) is 32.3 Å². The highest BCUT2D eigenvalue weighted by molar-refractivity contribution is 6.31. The van der Waals surface area contributed by atoms with Crippen molar-refractivity contribution in [3.63, 3.8) is 0 Å². The number of hydrogen-bond donors (Lipinski definition) is 0. The Morgan fingerprint density at radius 1 is 0.265 bits per heavy atom. The van der Waals surface area contributed by atoms with Crippen molar-refractivity contribution in [3.8, 4) is 0 Å². The Bertz CT molecular complexity index is 3160. The number of aromatic nitrogens is 16. The summed E-state index contributed by atoms with van der Waals surface area (Å²) in [5.74, 6) is 0. The molecule has 0 N–H and O–H groups in total. The molecule has 8 heterocycles. The highest BCUT2D eigenvalue weighted by atomic mass is 15.8. The zero-order valence-electron chi connectivity index (χ0n) is 38.6. The van der Waals surface area contributed by atoms with Gasteiger partial charge in [-0.05, 0) is 67.5 Å². The van der Waals surface area contributed by atoms with Gasteiger partial charge in [-0.3, -0.25) is 0 Å². The van der Waals surface area contributed by atoms with E-state index in [2.05, 4.69) is 96.7 Å². The second kappa shape index (κ2) is 15.2. The summed E-state index contributed by atoms with van der Waals surface area (Å²) >= 11 is 0. The minimum atomic E-state index is 0.858. The first-order valence-corrected chi connectivity index (χ1v) is 22.0. The van der Waals surface area contributed by atoms with Crippen LogP contribution in [0.3, 0.4) is 0 Å². The minimum Gasteiger partial charge on any atom is -0.243 e. The van der Waals surface area contributed by atoms with Gasteiger partial charge in [-0.25, -0.2) is 77.3 Å². The fourth-order valence-electron chi connectivity index (χ4n) is 9.35. The molecule has 0 atom stereocenters. The molecule has 0 saturated heterocycles. The fraction of sp³-hybridized carbons (Fsp3) is 0.167. The molecule has 0 fully saturated rings. The maximum absolute atomic E-state index is 4.63. The molecule has 0 aliphatic rings. The second-order valence-electron chi connectivity index (χ2n) is 17.1. The van der Waals surface area contributed by atoms with Crippen molar-refractivity contribution in [3.05, 3.63) is 182 Å². The zero-order chi connectivity index (χ0) is 46.5. The number of nitrogens with zero attached hydrogens (tertiary/aromatic N) is 20. The average Bonchev–Trinajstić information content (AvgIpc) is 4.20. The summed E-state index contributed by atoms with van der Waals surface area (Å²) in [5.41, 5.74) is 10.8. The van der Waals surface area contributed by atoms with Crippen LogP contribution in [0, 0.1) is 55.4 Å². The number of hydrogen-bond acceptors (Lipinski definition) is 12. The Kier molecular flexibility index (Phi) is 9.01. The molecule has 20 nitrogen and oxygen atoms in total. The van der Waals surface area contributed by atoms with Crippen LogP contribution in [0.15, 0.2) is 137 Å². The Labute approximate surface area is 389 Å². The smallest absolute Gasteiger partial charge is 0.117 e. The molecule has 0 unspecified atom stereocenters. The summed E-state index contributed by atoms with van der Waals surface area (Å²) in [6.45, 7) is 16.4. The molecule has 68 heavy (non-hydrogen) atoms. The van der Waals surface area contributed by atoms with E-state index in [1.165, 1.54) is 0 Å². The van der Waals surface area contributed by atoms with Crippen molar-refractivity contribution >= 4 is 55.1 Å². The molecular formula is C48H46N20. The molecule has 12 rings (SSSR count). The van der Waals surface area contributed by atoms with Gasteiger partial charge in [-0.1, -0.05) is 24.3 Å². The highest BCUT2D eigenvalue weighted by Gasteiger charge is 2.31. The molecule has 0 amide bonds. The Hall–Kier alpha value is -9.20. The van der Waals surface area contributed by atoms with Gasteiger partial charge in [0.05, 0.1) is 68.3 Å². The van der Waals surface area contributed by atoms with Gasteiger partial charge in [0.2, 0.25) is 0 Å². The summed E-state index contributed by atoms with van der Waals surface area (Å²) in [6, 6.07) is 13.4. The minimum absolute atomic E-state index is 0.858. The normalized spacial score (nSPS) is 11.8. The molecule has 0 aliphatic carbocycles. The summed E-state index contributed by atoms with van der Waals surface area (Å²) in [6.07, 6.45) is 29.5. The van der Waals surface area contributed by atoms with Crippen molar-refractivity contribution in [1.29, 1.82) is 0 Å². The summed E-state index contributed by atoms with van der Waals surface area (Å²) in [5, 5.41) is 14.4. The maximum Gasteiger partial charge on any atom is 0.117 e. The van der Waals surface area contributed by atoms with Crippen LogP contribution in [-0.4, -0.2) is 77.3 Å².